The standard InChI is InChI=1S/C40H48N2O4/c1-29-33(27-45-39-17-15-31(23-37(39)43)25-41-19-5-3-6-20-41)11-9-13-35(29)36-14-10-12-34(30(36)2)28-46-40-18-16-32(24-38(40)44)26-42-21-7-4-8-22-42/h9-18,23-24,43-44H,3-8,19-22,25-28H2,1-2H3. The van der Waals surface area contributed by atoms with E-state index in [1.54, 1.807) is 0 Å². The summed E-state index contributed by atoms with van der Waals surface area (Å²) in [4.78, 5) is 4.91. The molecule has 4 aromatic carbocycles. The number of phenols is 2. The average Bonchev–Trinajstić information content (AvgIpc) is 3.06. The van der Waals surface area contributed by atoms with Crippen molar-refractivity contribution in [3.63, 3.8) is 0 Å². The third-order valence-electron chi connectivity index (χ3n) is 9.70. The van der Waals surface area contributed by atoms with E-state index >= 15 is 0 Å². The molecule has 2 aliphatic heterocycles. The first-order chi connectivity index (χ1) is 22.4. The lowest BCUT2D eigenvalue weighted by Crippen LogP contribution is -2.29. The highest BCUT2D eigenvalue weighted by Crippen LogP contribution is 2.34. The van der Waals surface area contributed by atoms with Gasteiger partial charge in [-0.1, -0.05) is 61.4 Å². The third kappa shape index (κ3) is 7.86. The molecule has 46 heavy (non-hydrogen) atoms. The SMILES string of the molecule is Cc1c(COc2ccc(CN3CCCCC3)cc2O)cccc1-c1cccc(COc2ccc(CN3CCCCC3)cc2O)c1C. The van der Waals surface area contributed by atoms with Gasteiger partial charge in [0.05, 0.1) is 0 Å². The van der Waals surface area contributed by atoms with Crippen LogP contribution in [0.25, 0.3) is 11.1 Å². The second-order valence-electron chi connectivity index (χ2n) is 13.0. The summed E-state index contributed by atoms with van der Waals surface area (Å²) in [6.07, 6.45) is 7.63. The monoisotopic (exact) mass is 620 g/mol. The van der Waals surface area contributed by atoms with Gasteiger partial charge in [-0.25, -0.2) is 0 Å². The predicted molar refractivity (Wildman–Crippen MR) is 184 cm³/mol. The van der Waals surface area contributed by atoms with E-state index in [-0.39, 0.29) is 11.5 Å². The Morgan fingerprint density at radius 1 is 0.543 bits per heavy atom. The van der Waals surface area contributed by atoms with Crippen molar-refractivity contribution >= 4 is 0 Å². The molecule has 242 valence electrons. The Balaban J connectivity index is 1.10. The fourth-order valence-corrected chi connectivity index (χ4v) is 6.89. The average molecular weight is 621 g/mol. The Hall–Kier alpha value is -4.00. The molecule has 4 aromatic rings. The Morgan fingerprint density at radius 2 is 0.957 bits per heavy atom. The van der Waals surface area contributed by atoms with Gasteiger partial charge < -0.3 is 19.7 Å². The van der Waals surface area contributed by atoms with E-state index in [4.69, 9.17) is 9.47 Å². The third-order valence-corrected chi connectivity index (χ3v) is 9.70. The fraction of sp³-hybridized carbons (Fsp3) is 0.400. The van der Waals surface area contributed by atoms with Crippen molar-refractivity contribution < 1.29 is 19.7 Å². The first-order valence-corrected chi connectivity index (χ1v) is 17.0. The van der Waals surface area contributed by atoms with Gasteiger partial charge in [-0.2, -0.15) is 0 Å². The zero-order valence-electron chi connectivity index (χ0n) is 27.4. The molecule has 6 heteroatoms. The van der Waals surface area contributed by atoms with E-state index in [1.807, 2.05) is 24.3 Å². The van der Waals surface area contributed by atoms with Crippen LogP contribution in [-0.4, -0.2) is 46.2 Å². The molecular formula is C40H48N2O4. The highest BCUT2D eigenvalue weighted by atomic mass is 16.5. The van der Waals surface area contributed by atoms with E-state index < -0.39 is 0 Å². The van der Waals surface area contributed by atoms with E-state index in [1.165, 1.54) is 38.5 Å². The quantitative estimate of drug-likeness (QED) is 0.175. The molecule has 0 unspecified atom stereocenters. The summed E-state index contributed by atoms with van der Waals surface area (Å²) in [5.41, 5.74) is 8.96. The molecule has 2 fully saturated rings. The normalized spacial score (nSPS) is 16.0. The van der Waals surface area contributed by atoms with Crippen molar-refractivity contribution in [3.05, 3.63) is 106 Å². The number of ether oxygens (including phenoxy) is 2. The largest absolute Gasteiger partial charge is 0.504 e. The number of rotatable bonds is 11. The van der Waals surface area contributed by atoms with Gasteiger partial charge in [-0.05, 0) is 134 Å². The molecule has 6 rings (SSSR count). The number of likely N-dealkylation sites (tertiary alicyclic amines) is 2. The van der Waals surface area contributed by atoms with E-state index in [0.29, 0.717) is 24.7 Å². The molecule has 2 N–H and O–H groups in total. The maximum absolute atomic E-state index is 10.7. The Bertz CT molecular complexity index is 1500. The number of hydrogen-bond acceptors (Lipinski definition) is 6. The zero-order valence-corrected chi connectivity index (χ0v) is 27.4. The molecule has 2 saturated heterocycles. The minimum absolute atomic E-state index is 0.189. The van der Waals surface area contributed by atoms with Crippen molar-refractivity contribution in [1.82, 2.24) is 9.80 Å². The van der Waals surface area contributed by atoms with Crippen LogP contribution in [0.4, 0.5) is 0 Å². The minimum atomic E-state index is 0.189. The highest BCUT2D eigenvalue weighted by Gasteiger charge is 2.16. The number of phenolic OH excluding ortho intramolecular Hbond substituents is 2. The molecule has 0 bridgehead atoms. The van der Waals surface area contributed by atoms with Crippen molar-refractivity contribution in [3.8, 4) is 34.1 Å². The van der Waals surface area contributed by atoms with Gasteiger partial charge in [0, 0.05) is 13.1 Å². The molecule has 2 heterocycles. The Labute approximate surface area is 274 Å². The second-order valence-corrected chi connectivity index (χ2v) is 13.0. The van der Waals surface area contributed by atoms with Gasteiger partial charge in [0.1, 0.15) is 13.2 Å². The summed E-state index contributed by atoms with van der Waals surface area (Å²) >= 11 is 0. The van der Waals surface area contributed by atoms with Crippen molar-refractivity contribution in [1.29, 1.82) is 0 Å². The van der Waals surface area contributed by atoms with Gasteiger partial charge >= 0.3 is 0 Å². The van der Waals surface area contributed by atoms with Crippen molar-refractivity contribution in [2.45, 2.75) is 78.7 Å². The van der Waals surface area contributed by atoms with Crippen LogP contribution in [-0.2, 0) is 26.3 Å². The van der Waals surface area contributed by atoms with Crippen LogP contribution in [0.5, 0.6) is 23.0 Å². The smallest absolute Gasteiger partial charge is 0.161 e. The first-order valence-electron chi connectivity index (χ1n) is 17.0. The first kappa shape index (κ1) is 32.0. The van der Waals surface area contributed by atoms with Gasteiger partial charge in [0.15, 0.2) is 23.0 Å². The zero-order chi connectivity index (χ0) is 31.9. The molecule has 0 aromatic heterocycles. The van der Waals surface area contributed by atoms with E-state index in [2.05, 4.69) is 72.2 Å². The molecule has 0 radical (unpaired) electrons. The van der Waals surface area contributed by atoms with Crippen LogP contribution in [0.3, 0.4) is 0 Å². The van der Waals surface area contributed by atoms with Crippen LogP contribution >= 0.6 is 0 Å². The molecule has 0 atom stereocenters. The predicted octanol–water partition coefficient (Wildman–Crippen LogP) is 8.51. The Morgan fingerprint density at radius 3 is 1.35 bits per heavy atom. The molecule has 2 aliphatic rings. The number of benzene rings is 4. The maximum Gasteiger partial charge on any atom is 0.161 e. The van der Waals surface area contributed by atoms with Crippen LogP contribution in [0, 0.1) is 13.8 Å². The molecule has 0 saturated carbocycles. The maximum atomic E-state index is 10.7. The van der Waals surface area contributed by atoms with Gasteiger partial charge in [-0.15, -0.1) is 0 Å². The molecule has 0 spiro atoms. The number of hydrogen-bond donors (Lipinski definition) is 2. The van der Waals surface area contributed by atoms with Gasteiger partial charge in [0.25, 0.3) is 0 Å². The molecular weight excluding hydrogens is 572 g/mol. The van der Waals surface area contributed by atoms with Crippen LogP contribution in [0.1, 0.15) is 71.9 Å². The summed E-state index contributed by atoms with van der Waals surface area (Å²) in [6.45, 7) is 11.2. The lowest BCUT2D eigenvalue weighted by Gasteiger charge is -2.26. The van der Waals surface area contributed by atoms with Crippen LogP contribution in [0.2, 0.25) is 0 Å². The van der Waals surface area contributed by atoms with Crippen LogP contribution in [0.15, 0.2) is 72.8 Å². The minimum Gasteiger partial charge on any atom is -0.504 e. The summed E-state index contributed by atoms with van der Waals surface area (Å²) in [6, 6.07) is 24.2. The topological polar surface area (TPSA) is 65.4 Å². The summed E-state index contributed by atoms with van der Waals surface area (Å²) < 4.78 is 12.3. The number of piperidine rings is 2. The summed E-state index contributed by atoms with van der Waals surface area (Å²) in [5.74, 6) is 1.39. The highest BCUT2D eigenvalue weighted by molar-refractivity contribution is 5.72. The second kappa shape index (κ2) is 15.1. The van der Waals surface area contributed by atoms with Crippen molar-refractivity contribution in [2.24, 2.45) is 0 Å². The van der Waals surface area contributed by atoms with Crippen LogP contribution < -0.4 is 9.47 Å². The Kier molecular flexibility index (Phi) is 10.5. The van der Waals surface area contributed by atoms with Crippen molar-refractivity contribution in [2.75, 3.05) is 26.2 Å². The molecule has 0 amide bonds. The molecule has 6 nitrogen and oxygen atoms in total. The van der Waals surface area contributed by atoms with Gasteiger partial charge in [0.2, 0.25) is 0 Å². The van der Waals surface area contributed by atoms with E-state index in [0.717, 1.165) is 83.8 Å². The molecule has 0 aliphatic carbocycles. The summed E-state index contributed by atoms with van der Waals surface area (Å²) in [5, 5.41) is 21.4. The number of nitrogens with zero attached hydrogens (tertiary/aromatic N) is 2. The fourth-order valence-electron chi connectivity index (χ4n) is 6.89. The van der Waals surface area contributed by atoms with E-state index in [9.17, 15) is 10.2 Å². The lowest BCUT2D eigenvalue weighted by molar-refractivity contribution is 0.220. The summed E-state index contributed by atoms with van der Waals surface area (Å²) in [7, 11) is 0. The number of aromatic hydroxyl groups is 2. The lowest BCUT2D eigenvalue weighted by atomic mass is 9.92. The van der Waals surface area contributed by atoms with Gasteiger partial charge in [-0.3, -0.25) is 9.80 Å².